The van der Waals surface area contributed by atoms with Crippen LogP contribution in [0.1, 0.15) is 0 Å². The van der Waals surface area contributed by atoms with Crippen molar-refractivity contribution in [3.05, 3.63) is 66.7 Å². The van der Waals surface area contributed by atoms with Gasteiger partial charge in [-0.1, -0.05) is 30.3 Å². The number of hydrogen-bond donors (Lipinski definition) is 0. The fourth-order valence-electron chi connectivity index (χ4n) is 4.08. The van der Waals surface area contributed by atoms with Crippen molar-refractivity contribution in [1.29, 1.82) is 0 Å². The second kappa shape index (κ2) is 12.0. The first-order valence-electron chi connectivity index (χ1n) is 10.7. The van der Waals surface area contributed by atoms with Crippen molar-refractivity contribution >= 4 is 22.1 Å². The second-order valence-corrected chi connectivity index (χ2v) is 8.55. The third-order valence-corrected chi connectivity index (χ3v) is 5.36. The number of halogens is 2. The van der Waals surface area contributed by atoms with E-state index in [2.05, 4.69) is 59.3 Å². The van der Waals surface area contributed by atoms with Crippen molar-refractivity contribution < 1.29 is 41.9 Å². The van der Waals surface area contributed by atoms with Gasteiger partial charge in [0.1, 0.15) is 11.4 Å². The summed E-state index contributed by atoms with van der Waals surface area (Å²) in [5.74, 6) is 1.72. The molecule has 5 aromatic rings. The van der Waals surface area contributed by atoms with Crippen molar-refractivity contribution in [2.75, 3.05) is 28.2 Å². The van der Waals surface area contributed by atoms with Crippen molar-refractivity contribution in [2.24, 2.45) is 0 Å². The van der Waals surface area contributed by atoms with E-state index < -0.39 is 0 Å². The number of para-hydroxylation sites is 4. The zero-order valence-corrected chi connectivity index (χ0v) is 22.6. The van der Waals surface area contributed by atoms with Crippen LogP contribution in [-0.2, 0) is 30.4 Å². The SMILES string of the molecule is CN(C)Cn1c(-c2cccc(-c3nc4ccccc4n3CN(C)C)n2)nc2ccccc21.[Cl-].[Cl-].[Fe+2]. The molecule has 7 nitrogen and oxygen atoms in total. The van der Waals surface area contributed by atoms with E-state index in [4.69, 9.17) is 15.0 Å². The van der Waals surface area contributed by atoms with Crippen LogP contribution in [0.3, 0.4) is 0 Å². The van der Waals surface area contributed by atoms with Crippen molar-refractivity contribution in [2.45, 2.75) is 13.3 Å². The van der Waals surface area contributed by atoms with Crippen molar-refractivity contribution in [1.82, 2.24) is 33.9 Å². The van der Waals surface area contributed by atoms with Crippen LogP contribution in [0, 0.1) is 0 Å². The molecule has 0 bridgehead atoms. The normalized spacial score (nSPS) is 10.9. The van der Waals surface area contributed by atoms with E-state index in [-0.39, 0.29) is 41.9 Å². The molecule has 0 saturated heterocycles. The minimum absolute atomic E-state index is 0. The Kier molecular flexibility index (Phi) is 9.86. The fraction of sp³-hybridized carbons (Fsp3) is 0.240. The fourth-order valence-corrected chi connectivity index (χ4v) is 4.08. The Morgan fingerprint density at radius 3 is 1.37 bits per heavy atom. The Balaban J connectivity index is 0.00000144. The van der Waals surface area contributed by atoms with E-state index in [1.54, 1.807) is 0 Å². The maximum absolute atomic E-state index is 5.04. The molecule has 10 heteroatoms. The molecule has 0 saturated carbocycles. The maximum Gasteiger partial charge on any atom is 2.00 e. The van der Waals surface area contributed by atoms with Gasteiger partial charge in [0.2, 0.25) is 0 Å². The van der Waals surface area contributed by atoms with Gasteiger partial charge in [-0.15, -0.1) is 0 Å². The van der Waals surface area contributed by atoms with Crippen molar-refractivity contribution in [3.8, 4) is 23.0 Å². The molecule has 0 aliphatic carbocycles. The molecule has 184 valence electrons. The third-order valence-electron chi connectivity index (χ3n) is 5.36. The molecule has 0 spiro atoms. The van der Waals surface area contributed by atoms with Crippen LogP contribution in [0.25, 0.3) is 45.1 Å². The van der Waals surface area contributed by atoms with Gasteiger partial charge in [-0.2, -0.15) is 0 Å². The summed E-state index contributed by atoms with van der Waals surface area (Å²) in [5.41, 5.74) is 5.81. The molecule has 0 N–H and O–H groups in total. The molecule has 3 aromatic heterocycles. The number of hydrogen-bond acceptors (Lipinski definition) is 5. The van der Waals surface area contributed by atoms with Gasteiger partial charge in [0, 0.05) is 0 Å². The number of imidazole rings is 2. The van der Waals surface area contributed by atoms with E-state index >= 15 is 0 Å². The molecular formula is C25H27Cl2FeN7. The molecule has 5 rings (SSSR count). The van der Waals surface area contributed by atoms with Gasteiger partial charge in [0.25, 0.3) is 0 Å². The monoisotopic (exact) mass is 551 g/mol. The molecule has 0 aliphatic heterocycles. The number of pyridine rings is 1. The number of benzene rings is 2. The molecule has 0 radical (unpaired) electrons. The summed E-state index contributed by atoms with van der Waals surface area (Å²) in [6.07, 6.45) is 0. The van der Waals surface area contributed by atoms with E-state index in [9.17, 15) is 0 Å². The van der Waals surface area contributed by atoms with Crippen LogP contribution < -0.4 is 24.8 Å². The quantitative estimate of drug-likeness (QED) is 0.232. The Morgan fingerprint density at radius 1 is 0.571 bits per heavy atom. The molecule has 2 aromatic carbocycles. The topological polar surface area (TPSA) is 55.0 Å². The summed E-state index contributed by atoms with van der Waals surface area (Å²) in [6.45, 7) is 1.45. The summed E-state index contributed by atoms with van der Waals surface area (Å²) in [5, 5.41) is 0. The van der Waals surface area contributed by atoms with Crippen molar-refractivity contribution in [3.63, 3.8) is 0 Å². The first kappa shape index (κ1) is 28.8. The molecule has 0 amide bonds. The largest absolute Gasteiger partial charge is 2.00 e. The number of aromatic nitrogens is 5. The average Bonchev–Trinajstić information content (AvgIpc) is 3.32. The second-order valence-electron chi connectivity index (χ2n) is 8.55. The predicted octanol–water partition coefficient (Wildman–Crippen LogP) is -1.84. The van der Waals surface area contributed by atoms with Gasteiger partial charge >= 0.3 is 17.1 Å². The third kappa shape index (κ3) is 5.70. The van der Waals surface area contributed by atoms with E-state index in [0.29, 0.717) is 0 Å². The Bertz CT molecular complexity index is 1310. The standard InChI is InChI=1S/C25H27N7.2ClH.Fe/c1-29(2)16-31-22-14-7-5-10-18(22)27-24(31)20-12-9-13-21(26-20)25-28-19-11-6-8-15-23(19)32(25)17-30(3)4;;;/h5-15H,16-17H2,1-4H3;2*1H;/q;;;+2/p-2. The van der Waals surface area contributed by atoms with Gasteiger partial charge in [-0.25, -0.2) is 15.0 Å². The summed E-state index contributed by atoms with van der Waals surface area (Å²) < 4.78 is 4.43. The predicted molar refractivity (Wildman–Crippen MR) is 129 cm³/mol. The Morgan fingerprint density at radius 2 is 0.971 bits per heavy atom. The van der Waals surface area contributed by atoms with Crippen LogP contribution in [0.2, 0.25) is 0 Å². The molecule has 0 atom stereocenters. The molecule has 3 heterocycles. The van der Waals surface area contributed by atoms with Crippen LogP contribution in [0.5, 0.6) is 0 Å². The zero-order valence-electron chi connectivity index (χ0n) is 20.0. The zero-order chi connectivity index (χ0) is 22.2. The number of rotatable bonds is 6. The van der Waals surface area contributed by atoms with E-state index in [1.807, 2.05) is 54.6 Å². The minimum atomic E-state index is 0. The van der Waals surface area contributed by atoms with Gasteiger partial charge < -0.3 is 33.9 Å². The van der Waals surface area contributed by atoms with Crippen LogP contribution in [0.15, 0.2) is 66.7 Å². The van der Waals surface area contributed by atoms with E-state index in [0.717, 1.165) is 58.4 Å². The number of fused-ring (bicyclic) bond motifs is 2. The summed E-state index contributed by atoms with van der Waals surface area (Å²) in [4.78, 5) is 19.2. The molecular weight excluding hydrogens is 525 g/mol. The van der Waals surface area contributed by atoms with Gasteiger partial charge in [-0.3, -0.25) is 9.80 Å². The van der Waals surface area contributed by atoms with Gasteiger partial charge in [0.15, 0.2) is 11.6 Å². The van der Waals surface area contributed by atoms with Gasteiger partial charge in [0.05, 0.1) is 35.4 Å². The van der Waals surface area contributed by atoms with E-state index in [1.165, 1.54) is 0 Å². The van der Waals surface area contributed by atoms with Crippen LogP contribution in [0.4, 0.5) is 0 Å². The molecule has 0 aliphatic rings. The Labute approximate surface area is 228 Å². The number of nitrogens with zero attached hydrogens (tertiary/aromatic N) is 7. The smallest absolute Gasteiger partial charge is 1.00 e. The molecule has 0 fully saturated rings. The molecule has 35 heavy (non-hydrogen) atoms. The summed E-state index contributed by atoms with van der Waals surface area (Å²) in [6, 6.07) is 22.5. The minimum Gasteiger partial charge on any atom is -1.00 e. The van der Waals surface area contributed by atoms with Crippen LogP contribution >= 0.6 is 0 Å². The maximum atomic E-state index is 5.04. The molecule has 0 unspecified atom stereocenters. The van der Waals surface area contributed by atoms with Gasteiger partial charge in [-0.05, 0) is 64.6 Å². The summed E-state index contributed by atoms with van der Waals surface area (Å²) >= 11 is 0. The first-order valence-corrected chi connectivity index (χ1v) is 10.7. The summed E-state index contributed by atoms with van der Waals surface area (Å²) in [7, 11) is 8.25. The first-order chi connectivity index (χ1) is 15.5. The Hall–Kier alpha value is -2.45. The average molecular weight is 552 g/mol. The van der Waals surface area contributed by atoms with Crippen LogP contribution in [-0.4, -0.2) is 62.1 Å².